The van der Waals surface area contributed by atoms with E-state index in [1.807, 2.05) is 31.3 Å². The van der Waals surface area contributed by atoms with Gasteiger partial charge in [0.1, 0.15) is 0 Å². The second-order valence-corrected chi connectivity index (χ2v) is 4.05. The first-order chi connectivity index (χ1) is 6.20. The van der Waals surface area contributed by atoms with Gasteiger partial charge in [-0.3, -0.25) is 0 Å². The first kappa shape index (κ1) is 8.78. The summed E-state index contributed by atoms with van der Waals surface area (Å²) in [5, 5.41) is 1.19. The number of nitrogens with one attached hydrogen (secondary N) is 1. The van der Waals surface area contributed by atoms with Gasteiger partial charge in [-0.25, -0.2) is 0 Å². The van der Waals surface area contributed by atoms with Gasteiger partial charge in [0.2, 0.25) is 0 Å². The Morgan fingerprint density at radius 2 is 2.23 bits per heavy atom. The van der Waals surface area contributed by atoms with Crippen LogP contribution < -0.4 is 5.73 Å². The molecule has 1 aromatic carbocycles. The molecule has 0 unspecified atom stereocenters. The van der Waals surface area contributed by atoms with Gasteiger partial charge in [-0.05, 0) is 24.6 Å². The Hall–Kier alpha value is -0.800. The Labute approximate surface area is 85.3 Å². The summed E-state index contributed by atoms with van der Waals surface area (Å²) in [7, 11) is 0. The van der Waals surface area contributed by atoms with Crippen molar-refractivity contribution in [1.29, 1.82) is 0 Å². The average molecular weight is 239 g/mol. The van der Waals surface area contributed by atoms with Crippen LogP contribution in [-0.2, 0) is 0 Å². The molecule has 0 saturated carbocycles. The molecule has 0 radical (unpaired) electrons. The predicted molar refractivity (Wildman–Crippen MR) is 58.6 cm³/mol. The van der Waals surface area contributed by atoms with Crippen molar-refractivity contribution in [3.8, 4) is 0 Å². The van der Waals surface area contributed by atoms with Crippen LogP contribution in [0.1, 0.15) is 18.5 Å². The number of rotatable bonds is 1. The molecule has 1 aromatic heterocycles. The van der Waals surface area contributed by atoms with Crippen LogP contribution in [0, 0.1) is 0 Å². The molecule has 0 aliphatic carbocycles. The van der Waals surface area contributed by atoms with Crippen LogP contribution in [-0.4, -0.2) is 4.98 Å². The van der Waals surface area contributed by atoms with E-state index >= 15 is 0 Å². The summed E-state index contributed by atoms with van der Waals surface area (Å²) >= 11 is 3.52. The van der Waals surface area contributed by atoms with Gasteiger partial charge in [0, 0.05) is 27.6 Å². The highest BCUT2D eigenvalue weighted by atomic mass is 79.9. The number of benzene rings is 1. The number of aromatic amines is 1. The zero-order chi connectivity index (χ0) is 9.42. The highest BCUT2D eigenvalue weighted by Gasteiger charge is 2.09. The second-order valence-electron chi connectivity index (χ2n) is 3.20. The largest absolute Gasteiger partial charge is 0.361 e. The monoisotopic (exact) mass is 238 g/mol. The molecular weight excluding hydrogens is 228 g/mol. The van der Waals surface area contributed by atoms with Crippen molar-refractivity contribution in [2.75, 3.05) is 0 Å². The summed E-state index contributed by atoms with van der Waals surface area (Å²) in [4.78, 5) is 3.20. The van der Waals surface area contributed by atoms with Gasteiger partial charge in [0.25, 0.3) is 0 Å². The molecule has 2 rings (SSSR count). The molecule has 0 amide bonds. The predicted octanol–water partition coefficient (Wildman–Crippen LogP) is 2.95. The molecule has 0 saturated heterocycles. The third-order valence-corrected chi connectivity index (χ3v) is 2.84. The quantitative estimate of drug-likeness (QED) is 0.789. The fourth-order valence-corrected chi connectivity index (χ4v) is 2.12. The minimum Gasteiger partial charge on any atom is -0.361 e. The van der Waals surface area contributed by atoms with Crippen LogP contribution in [0.15, 0.2) is 28.9 Å². The number of halogens is 1. The zero-order valence-electron chi connectivity index (χ0n) is 7.34. The van der Waals surface area contributed by atoms with E-state index in [-0.39, 0.29) is 6.04 Å². The standard InChI is InChI=1S/C10H11BrN2/c1-6(12)7-5-13-9-4-2-3-8(11)10(7)9/h2-6,13H,12H2,1H3/t6-/m0/s1. The molecule has 0 bridgehead atoms. The van der Waals surface area contributed by atoms with Crippen molar-refractivity contribution in [1.82, 2.24) is 4.98 Å². The summed E-state index contributed by atoms with van der Waals surface area (Å²) < 4.78 is 1.10. The van der Waals surface area contributed by atoms with Gasteiger partial charge in [-0.1, -0.05) is 22.0 Å². The zero-order valence-corrected chi connectivity index (χ0v) is 8.93. The maximum Gasteiger partial charge on any atom is 0.0468 e. The summed E-state index contributed by atoms with van der Waals surface area (Å²) in [5.41, 5.74) is 8.13. The third-order valence-electron chi connectivity index (χ3n) is 2.18. The van der Waals surface area contributed by atoms with Crippen LogP contribution in [0.4, 0.5) is 0 Å². The number of fused-ring (bicyclic) bond motifs is 1. The van der Waals surface area contributed by atoms with Crippen molar-refractivity contribution in [3.63, 3.8) is 0 Å². The maximum atomic E-state index is 5.85. The smallest absolute Gasteiger partial charge is 0.0468 e. The molecule has 0 spiro atoms. The lowest BCUT2D eigenvalue weighted by Crippen LogP contribution is -2.03. The summed E-state index contributed by atoms with van der Waals surface area (Å²) in [6.07, 6.45) is 1.97. The van der Waals surface area contributed by atoms with Crippen LogP contribution >= 0.6 is 15.9 Å². The summed E-state index contributed by atoms with van der Waals surface area (Å²) in [6.45, 7) is 1.99. The van der Waals surface area contributed by atoms with E-state index in [1.165, 1.54) is 5.39 Å². The van der Waals surface area contributed by atoms with Gasteiger partial charge in [-0.15, -0.1) is 0 Å². The molecule has 2 nitrogen and oxygen atoms in total. The minimum absolute atomic E-state index is 0.0625. The fraction of sp³-hybridized carbons (Fsp3) is 0.200. The molecule has 0 fully saturated rings. The molecule has 0 aliphatic heterocycles. The lowest BCUT2D eigenvalue weighted by molar-refractivity contribution is 0.826. The summed E-state index contributed by atoms with van der Waals surface area (Å²) in [5.74, 6) is 0. The summed E-state index contributed by atoms with van der Waals surface area (Å²) in [6, 6.07) is 6.15. The van der Waals surface area contributed by atoms with E-state index in [0.29, 0.717) is 0 Å². The molecule has 13 heavy (non-hydrogen) atoms. The van der Waals surface area contributed by atoms with Crippen molar-refractivity contribution in [2.24, 2.45) is 5.73 Å². The lowest BCUT2D eigenvalue weighted by atomic mass is 10.1. The highest BCUT2D eigenvalue weighted by molar-refractivity contribution is 9.10. The molecule has 0 aliphatic rings. The highest BCUT2D eigenvalue weighted by Crippen LogP contribution is 2.29. The average Bonchev–Trinajstić information content (AvgIpc) is 2.49. The van der Waals surface area contributed by atoms with Gasteiger partial charge < -0.3 is 10.7 Å². The Bertz CT molecular complexity index is 431. The van der Waals surface area contributed by atoms with Crippen molar-refractivity contribution in [3.05, 3.63) is 34.4 Å². The number of H-pyrrole nitrogens is 1. The molecule has 68 valence electrons. The van der Waals surface area contributed by atoms with Crippen LogP contribution in [0.2, 0.25) is 0 Å². The van der Waals surface area contributed by atoms with Crippen molar-refractivity contribution >= 4 is 26.8 Å². The topological polar surface area (TPSA) is 41.8 Å². The molecule has 2 aromatic rings. The van der Waals surface area contributed by atoms with E-state index in [4.69, 9.17) is 5.73 Å². The Morgan fingerprint density at radius 3 is 2.92 bits per heavy atom. The number of hydrogen-bond donors (Lipinski definition) is 2. The third kappa shape index (κ3) is 1.38. The fourth-order valence-electron chi connectivity index (χ4n) is 1.52. The van der Waals surface area contributed by atoms with E-state index in [2.05, 4.69) is 20.9 Å². The Kier molecular flexibility index (Phi) is 2.14. The Balaban J connectivity index is 2.79. The first-order valence-electron chi connectivity index (χ1n) is 4.21. The van der Waals surface area contributed by atoms with Gasteiger partial charge in [-0.2, -0.15) is 0 Å². The van der Waals surface area contributed by atoms with E-state index in [0.717, 1.165) is 15.6 Å². The molecule has 3 N–H and O–H groups in total. The number of hydrogen-bond acceptors (Lipinski definition) is 1. The van der Waals surface area contributed by atoms with Crippen molar-refractivity contribution in [2.45, 2.75) is 13.0 Å². The van der Waals surface area contributed by atoms with Gasteiger partial charge >= 0.3 is 0 Å². The van der Waals surface area contributed by atoms with Crippen LogP contribution in [0.3, 0.4) is 0 Å². The lowest BCUT2D eigenvalue weighted by Gasteiger charge is -2.03. The molecular formula is C10H11BrN2. The molecule has 1 atom stereocenters. The van der Waals surface area contributed by atoms with E-state index in [9.17, 15) is 0 Å². The van der Waals surface area contributed by atoms with Crippen molar-refractivity contribution < 1.29 is 0 Å². The van der Waals surface area contributed by atoms with E-state index in [1.54, 1.807) is 0 Å². The van der Waals surface area contributed by atoms with Crippen LogP contribution in [0.25, 0.3) is 10.9 Å². The number of nitrogens with two attached hydrogens (primary N) is 1. The normalized spacial score (nSPS) is 13.5. The Morgan fingerprint density at radius 1 is 1.46 bits per heavy atom. The molecule has 1 heterocycles. The maximum absolute atomic E-state index is 5.85. The number of aromatic nitrogens is 1. The van der Waals surface area contributed by atoms with Gasteiger partial charge in [0.15, 0.2) is 0 Å². The van der Waals surface area contributed by atoms with E-state index < -0.39 is 0 Å². The minimum atomic E-state index is 0.0625. The molecule has 3 heteroatoms. The van der Waals surface area contributed by atoms with Gasteiger partial charge in [0.05, 0.1) is 0 Å². The second kappa shape index (κ2) is 3.16. The van der Waals surface area contributed by atoms with Crippen LogP contribution in [0.5, 0.6) is 0 Å². The first-order valence-corrected chi connectivity index (χ1v) is 5.00. The SMILES string of the molecule is C[C@H](N)c1c[nH]c2cccc(Br)c12.